The van der Waals surface area contributed by atoms with Crippen LogP contribution in [0.15, 0.2) is 54.9 Å². The van der Waals surface area contributed by atoms with Gasteiger partial charge in [0.1, 0.15) is 18.1 Å². The van der Waals surface area contributed by atoms with Crippen LogP contribution in [-0.2, 0) is 12.5 Å². The highest BCUT2D eigenvalue weighted by molar-refractivity contribution is 5.83. The number of hydrogen-bond donors (Lipinski definition) is 0. The highest BCUT2D eigenvalue weighted by Crippen LogP contribution is 2.49. The van der Waals surface area contributed by atoms with Gasteiger partial charge in [-0.1, -0.05) is 71.9 Å². The number of aryl methyl sites for hydroxylation is 3. The lowest BCUT2D eigenvalue weighted by atomic mass is 9.84. The van der Waals surface area contributed by atoms with E-state index in [4.69, 9.17) is 4.98 Å². The Morgan fingerprint density at radius 1 is 0.857 bits per heavy atom. The van der Waals surface area contributed by atoms with Crippen molar-refractivity contribution in [2.45, 2.75) is 72.6 Å². The van der Waals surface area contributed by atoms with E-state index >= 15 is 0 Å². The predicted octanol–water partition coefficient (Wildman–Crippen LogP) is 7.53. The van der Waals surface area contributed by atoms with Crippen LogP contribution in [0.1, 0.15) is 87.0 Å². The first kappa shape index (κ1) is 23.5. The molecule has 180 valence electrons. The molecule has 35 heavy (non-hydrogen) atoms. The molecule has 0 fully saturated rings. The maximum atomic E-state index is 4.98. The summed E-state index contributed by atoms with van der Waals surface area (Å²) in [4.78, 5) is 4.98. The molecule has 0 unspecified atom stereocenters. The molecule has 0 spiro atoms. The quantitative estimate of drug-likeness (QED) is 0.286. The van der Waals surface area contributed by atoms with E-state index in [1.54, 1.807) is 0 Å². The van der Waals surface area contributed by atoms with Crippen molar-refractivity contribution in [1.82, 2.24) is 9.55 Å². The largest absolute Gasteiger partial charge is 0.294 e. The summed E-state index contributed by atoms with van der Waals surface area (Å²) in [5.41, 5.74) is 12.8. The topological polar surface area (TPSA) is 21.7 Å². The Balaban J connectivity index is 1.80. The summed E-state index contributed by atoms with van der Waals surface area (Å²) in [6.07, 6.45) is 4.42. The second kappa shape index (κ2) is 8.19. The van der Waals surface area contributed by atoms with Crippen molar-refractivity contribution >= 4 is 0 Å². The number of fused-ring (bicyclic) bond motifs is 3. The normalized spacial score (nSPS) is 14.0. The second-order valence-electron chi connectivity index (χ2n) is 11.4. The van der Waals surface area contributed by atoms with Crippen LogP contribution in [0.25, 0.3) is 28.2 Å². The van der Waals surface area contributed by atoms with Crippen molar-refractivity contribution in [2.75, 3.05) is 0 Å². The average molecular weight is 465 g/mol. The zero-order chi connectivity index (χ0) is 25.2. The minimum absolute atomic E-state index is 0.0980. The molecular weight excluding hydrogens is 426 g/mol. The van der Waals surface area contributed by atoms with Crippen LogP contribution >= 0.6 is 0 Å². The standard InChI is InChI=1S/C32H38N3/c1-19(2)23-11-10-12-24(20(3)4)29(23)35-16-15-34(9)31(35)26-18-27-25-14-13-22(6)33-30(25)32(7,8)28(27)17-21(26)5/h10-20H,1-9H3/q+1. The fraction of sp³-hybridized carbons (Fsp3) is 0.375. The third kappa shape index (κ3) is 3.55. The van der Waals surface area contributed by atoms with E-state index in [0.29, 0.717) is 11.8 Å². The zero-order valence-electron chi connectivity index (χ0n) is 22.7. The van der Waals surface area contributed by atoms with Gasteiger partial charge in [0, 0.05) is 27.8 Å². The molecule has 0 saturated heterocycles. The molecule has 0 bridgehead atoms. The summed E-state index contributed by atoms with van der Waals surface area (Å²) in [5, 5.41) is 0. The lowest BCUT2D eigenvalue weighted by Gasteiger charge is -2.21. The van der Waals surface area contributed by atoms with Gasteiger partial charge >= 0.3 is 0 Å². The van der Waals surface area contributed by atoms with Crippen LogP contribution in [0, 0.1) is 13.8 Å². The molecule has 3 heteroatoms. The molecule has 2 heterocycles. The molecular formula is C32H38N3+. The van der Waals surface area contributed by atoms with E-state index in [9.17, 15) is 0 Å². The van der Waals surface area contributed by atoms with Crippen LogP contribution in [0.3, 0.4) is 0 Å². The first-order valence-electron chi connectivity index (χ1n) is 12.9. The van der Waals surface area contributed by atoms with Gasteiger partial charge in [-0.2, -0.15) is 4.57 Å². The van der Waals surface area contributed by atoms with Crippen molar-refractivity contribution in [2.24, 2.45) is 7.05 Å². The average Bonchev–Trinajstić information content (AvgIpc) is 3.27. The van der Waals surface area contributed by atoms with E-state index in [-0.39, 0.29) is 5.41 Å². The SMILES string of the molecule is Cc1ccc2c(n1)C(C)(C)c1cc(C)c(-c3n(-c4c(C(C)C)cccc4C(C)C)cc[n+]3C)cc1-2. The van der Waals surface area contributed by atoms with Crippen molar-refractivity contribution in [3.05, 3.63) is 88.5 Å². The lowest BCUT2D eigenvalue weighted by molar-refractivity contribution is -0.659. The lowest BCUT2D eigenvalue weighted by Crippen LogP contribution is -2.29. The molecule has 0 radical (unpaired) electrons. The summed E-state index contributed by atoms with van der Waals surface area (Å²) in [5.74, 6) is 2.09. The second-order valence-corrected chi connectivity index (χ2v) is 11.4. The Bertz CT molecular complexity index is 1420. The molecule has 4 aromatic rings. The van der Waals surface area contributed by atoms with Gasteiger partial charge in [-0.15, -0.1) is 0 Å². The number of pyridine rings is 1. The van der Waals surface area contributed by atoms with Gasteiger partial charge in [0.05, 0.1) is 18.3 Å². The molecule has 1 aliphatic carbocycles. The van der Waals surface area contributed by atoms with Gasteiger partial charge in [-0.05, 0) is 54.5 Å². The van der Waals surface area contributed by atoms with Crippen molar-refractivity contribution < 1.29 is 4.57 Å². The van der Waals surface area contributed by atoms with Gasteiger partial charge in [0.15, 0.2) is 0 Å². The van der Waals surface area contributed by atoms with E-state index in [2.05, 4.69) is 126 Å². The van der Waals surface area contributed by atoms with E-state index in [0.717, 1.165) is 5.69 Å². The van der Waals surface area contributed by atoms with Crippen LogP contribution in [0.5, 0.6) is 0 Å². The van der Waals surface area contributed by atoms with Gasteiger partial charge < -0.3 is 0 Å². The van der Waals surface area contributed by atoms with Gasteiger partial charge in [-0.25, -0.2) is 4.57 Å². The summed E-state index contributed by atoms with van der Waals surface area (Å²) in [6, 6.07) is 16.0. The predicted molar refractivity (Wildman–Crippen MR) is 145 cm³/mol. The molecule has 2 aromatic heterocycles. The minimum atomic E-state index is -0.0980. The van der Waals surface area contributed by atoms with Gasteiger partial charge in [0.2, 0.25) is 0 Å². The smallest absolute Gasteiger partial charge is 0.257 e. The first-order valence-corrected chi connectivity index (χ1v) is 12.9. The fourth-order valence-electron chi connectivity index (χ4n) is 5.83. The number of aromatic nitrogens is 3. The van der Waals surface area contributed by atoms with Crippen LogP contribution in [0.4, 0.5) is 0 Å². The number of nitrogens with zero attached hydrogens (tertiary/aromatic N) is 3. The van der Waals surface area contributed by atoms with Crippen molar-refractivity contribution in [3.63, 3.8) is 0 Å². The Labute approximate surface area is 210 Å². The molecule has 0 atom stereocenters. The number of benzene rings is 2. The van der Waals surface area contributed by atoms with E-state index in [1.807, 2.05) is 0 Å². The molecule has 1 aliphatic rings. The van der Waals surface area contributed by atoms with E-state index in [1.165, 1.54) is 56.1 Å². The molecule has 0 N–H and O–H groups in total. The molecule has 0 saturated carbocycles. The molecule has 2 aromatic carbocycles. The maximum Gasteiger partial charge on any atom is 0.294 e. The van der Waals surface area contributed by atoms with Crippen LogP contribution in [-0.4, -0.2) is 9.55 Å². The number of hydrogen-bond acceptors (Lipinski definition) is 1. The highest BCUT2D eigenvalue weighted by atomic mass is 15.1. The maximum absolute atomic E-state index is 4.98. The monoisotopic (exact) mass is 464 g/mol. The molecule has 5 rings (SSSR count). The number of rotatable bonds is 4. The summed E-state index contributed by atoms with van der Waals surface area (Å²) in [7, 11) is 2.16. The highest BCUT2D eigenvalue weighted by Gasteiger charge is 2.38. The van der Waals surface area contributed by atoms with Gasteiger partial charge in [0.25, 0.3) is 5.82 Å². The third-order valence-corrected chi connectivity index (χ3v) is 7.78. The Hall–Kier alpha value is -3.20. The summed E-state index contributed by atoms with van der Waals surface area (Å²) < 4.78 is 4.69. The van der Waals surface area contributed by atoms with Crippen LogP contribution in [0.2, 0.25) is 0 Å². The number of para-hydroxylation sites is 1. The fourth-order valence-corrected chi connectivity index (χ4v) is 5.83. The van der Waals surface area contributed by atoms with Gasteiger partial charge in [-0.3, -0.25) is 4.98 Å². The third-order valence-electron chi connectivity index (χ3n) is 7.78. The Morgan fingerprint density at radius 2 is 1.51 bits per heavy atom. The Morgan fingerprint density at radius 3 is 2.14 bits per heavy atom. The Kier molecular flexibility index (Phi) is 5.51. The number of imidazole rings is 1. The summed E-state index contributed by atoms with van der Waals surface area (Å²) >= 11 is 0. The zero-order valence-corrected chi connectivity index (χ0v) is 22.7. The molecule has 3 nitrogen and oxygen atoms in total. The van der Waals surface area contributed by atoms with Crippen molar-refractivity contribution in [3.8, 4) is 28.2 Å². The van der Waals surface area contributed by atoms with Crippen molar-refractivity contribution in [1.29, 1.82) is 0 Å². The van der Waals surface area contributed by atoms with Crippen LogP contribution < -0.4 is 4.57 Å². The summed E-state index contributed by atoms with van der Waals surface area (Å²) in [6.45, 7) is 18.1. The van der Waals surface area contributed by atoms with E-state index < -0.39 is 0 Å². The minimum Gasteiger partial charge on any atom is -0.257 e. The molecule has 0 aliphatic heterocycles. The molecule has 0 amide bonds. The first-order chi connectivity index (χ1) is 16.5.